The Labute approximate surface area is 201 Å². The van der Waals surface area contributed by atoms with Gasteiger partial charge in [0.2, 0.25) is 17.7 Å². The van der Waals surface area contributed by atoms with Crippen molar-refractivity contribution in [3.05, 3.63) is 71.3 Å². The highest BCUT2D eigenvalue weighted by molar-refractivity contribution is 5.80. The molecule has 7 heteroatoms. The third-order valence-corrected chi connectivity index (χ3v) is 6.80. The molecular weight excluding hydrogens is 428 g/mol. The Bertz CT molecular complexity index is 1010. The van der Waals surface area contributed by atoms with Crippen LogP contribution in [0, 0.1) is 0 Å². The average molecular weight is 463 g/mol. The van der Waals surface area contributed by atoms with Crippen LogP contribution in [0.2, 0.25) is 0 Å². The first-order valence-electron chi connectivity index (χ1n) is 12.2. The van der Waals surface area contributed by atoms with Crippen LogP contribution in [0.3, 0.4) is 0 Å². The highest BCUT2D eigenvalue weighted by atomic mass is 16.2. The summed E-state index contributed by atoms with van der Waals surface area (Å²) in [6, 6.07) is 17.8. The number of rotatable bonds is 3. The molecule has 1 saturated heterocycles. The summed E-state index contributed by atoms with van der Waals surface area (Å²) >= 11 is 0. The predicted octanol–water partition coefficient (Wildman–Crippen LogP) is 2.37. The van der Waals surface area contributed by atoms with E-state index in [4.69, 9.17) is 0 Å². The minimum Gasteiger partial charge on any atom is -0.354 e. The van der Waals surface area contributed by atoms with Crippen LogP contribution in [0.15, 0.2) is 54.6 Å². The lowest BCUT2D eigenvalue weighted by molar-refractivity contribution is -0.133. The van der Waals surface area contributed by atoms with E-state index >= 15 is 0 Å². The Morgan fingerprint density at radius 1 is 0.941 bits per heavy atom. The zero-order chi connectivity index (χ0) is 23.9. The first-order valence-corrected chi connectivity index (χ1v) is 12.2. The molecular formula is C27H34N4O3. The Kier molecular flexibility index (Phi) is 7.95. The summed E-state index contributed by atoms with van der Waals surface area (Å²) < 4.78 is 0. The predicted molar refractivity (Wildman–Crippen MR) is 131 cm³/mol. The van der Waals surface area contributed by atoms with Crippen molar-refractivity contribution in [2.45, 2.75) is 38.8 Å². The molecule has 0 saturated carbocycles. The van der Waals surface area contributed by atoms with E-state index in [0.717, 1.165) is 25.1 Å². The second kappa shape index (κ2) is 11.3. The molecule has 2 aromatic carbocycles. The van der Waals surface area contributed by atoms with Gasteiger partial charge in [0, 0.05) is 46.2 Å². The first-order chi connectivity index (χ1) is 16.5. The molecule has 1 atom stereocenters. The molecule has 0 radical (unpaired) electrons. The molecule has 2 heterocycles. The Balaban J connectivity index is 1.42. The zero-order valence-corrected chi connectivity index (χ0v) is 19.9. The molecule has 180 valence electrons. The molecule has 34 heavy (non-hydrogen) atoms. The van der Waals surface area contributed by atoms with E-state index in [-0.39, 0.29) is 30.2 Å². The van der Waals surface area contributed by atoms with Gasteiger partial charge in [0.25, 0.3) is 0 Å². The molecule has 2 aliphatic rings. The van der Waals surface area contributed by atoms with E-state index in [1.807, 2.05) is 41.3 Å². The monoisotopic (exact) mass is 462 g/mol. The van der Waals surface area contributed by atoms with E-state index in [9.17, 15) is 14.4 Å². The minimum absolute atomic E-state index is 0.0641. The number of hydrogen-bond acceptors (Lipinski definition) is 4. The van der Waals surface area contributed by atoms with Crippen LogP contribution in [0.4, 0.5) is 0 Å². The van der Waals surface area contributed by atoms with Gasteiger partial charge in [-0.1, -0.05) is 54.6 Å². The van der Waals surface area contributed by atoms with Gasteiger partial charge in [0.1, 0.15) is 0 Å². The highest BCUT2D eigenvalue weighted by Gasteiger charge is 2.27. The van der Waals surface area contributed by atoms with E-state index in [2.05, 4.69) is 28.4 Å². The van der Waals surface area contributed by atoms with Crippen molar-refractivity contribution in [3.8, 4) is 0 Å². The fourth-order valence-electron chi connectivity index (χ4n) is 4.97. The quantitative estimate of drug-likeness (QED) is 0.760. The lowest BCUT2D eigenvalue weighted by Gasteiger charge is -2.32. The van der Waals surface area contributed by atoms with E-state index in [1.54, 1.807) is 11.8 Å². The lowest BCUT2D eigenvalue weighted by atomic mass is 10.00. The van der Waals surface area contributed by atoms with E-state index in [0.29, 0.717) is 39.1 Å². The highest BCUT2D eigenvalue weighted by Crippen LogP contribution is 2.25. The molecule has 0 spiro atoms. The first kappa shape index (κ1) is 24.0. The molecule has 7 nitrogen and oxygen atoms in total. The topological polar surface area (TPSA) is 73.0 Å². The van der Waals surface area contributed by atoms with Crippen molar-refractivity contribution in [3.63, 3.8) is 0 Å². The Morgan fingerprint density at radius 3 is 2.44 bits per heavy atom. The molecule has 1 unspecified atom stereocenters. The van der Waals surface area contributed by atoms with E-state index < -0.39 is 0 Å². The van der Waals surface area contributed by atoms with Gasteiger partial charge in [-0.25, -0.2) is 0 Å². The second-order valence-corrected chi connectivity index (χ2v) is 9.16. The SMILES string of the molecule is CC(=O)N1CCCN(C(=O)CN2CCc3ccccc3C2)CCNC(=O)CC1c1ccccc1. The van der Waals surface area contributed by atoms with Gasteiger partial charge in [0.15, 0.2) is 0 Å². The van der Waals surface area contributed by atoms with Crippen LogP contribution < -0.4 is 5.32 Å². The van der Waals surface area contributed by atoms with Gasteiger partial charge in [-0.3, -0.25) is 19.3 Å². The van der Waals surface area contributed by atoms with E-state index in [1.165, 1.54) is 11.1 Å². The van der Waals surface area contributed by atoms with Crippen LogP contribution in [-0.2, 0) is 27.3 Å². The summed E-state index contributed by atoms with van der Waals surface area (Å²) in [5.74, 6) is -0.102. The smallest absolute Gasteiger partial charge is 0.236 e. The Hall–Kier alpha value is -3.19. The molecule has 0 aliphatic carbocycles. The van der Waals surface area contributed by atoms with Crippen molar-refractivity contribution >= 4 is 17.7 Å². The van der Waals surface area contributed by atoms with Gasteiger partial charge in [-0.2, -0.15) is 0 Å². The van der Waals surface area contributed by atoms with Crippen molar-refractivity contribution in [1.29, 1.82) is 0 Å². The second-order valence-electron chi connectivity index (χ2n) is 9.16. The molecule has 3 amide bonds. The maximum atomic E-state index is 13.2. The zero-order valence-electron chi connectivity index (χ0n) is 19.9. The third-order valence-electron chi connectivity index (χ3n) is 6.80. The summed E-state index contributed by atoms with van der Waals surface area (Å²) in [6.45, 7) is 5.51. The number of hydrogen-bond donors (Lipinski definition) is 1. The molecule has 4 rings (SSSR count). The summed E-state index contributed by atoms with van der Waals surface area (Å²) in [7, 11) is 0. The standard InChI is InChI=1S/C27H34N4O3/c1-21(32)31-15-7-14-30(17-13-28-26(33)18-25(31)23-9-3-2-4-10-23)27(34)20-29-16-12-22-8-5-6-11-24(22)19-29/h2-6,8-11,25H,7,12-20H2,1H3,(H,28,33). The average Bonchev–Trinajstić information content (AvgIpc) is 2.88. The number of benzene rings is 2. The maximum Gasteiger partial charge on any atom is 0.236 e. The van der Waals surface area contributed by atoms with Crippen molar-refractivity contribution < 1.29 is 14.4 Å². The van der Waals surface area contributed by atoms with Crippen molar-refractivity contribution in [1.82, 2.24) is 20.0 Å². The number of amides is 3. The number of fused-ring (bicyclic) bond motifs is 1. The van der Waals surface area contributed by atoms with Crippen LogP contribution in [0.5, 0.6) is 0 Å². The minimum atomic E-state index is -0.311. The van der Waals surface area contributed by atoms with Gasteiger partial charge >= 0.3 is 0 Å². The van der Waals surface area contributed by atoms with Crippen LogP contribution in [-0.4, -0.2) is 71.7 Å². The molecule has 0 bridgehead atoms. The van der Waals surface area contributed by atoms with Gasteiger partial charge < -0.3 is 15.1 Å². The van der Waals surface area contributed by atoms with Crippen molar-refractivity contribution in [2.24, 2.45) is 0 Å². The maximum absolute atomic E-state index is 13.2. The largest absolute Gasteiger partial charge is 0.354 e. The number of carbonyl (C=O) groups is 3. The lowest BCUT2D eigenvalue weighted by Crippen LogP contribution is -2.45. The number of carbonyl (C=O) groups excluding carboxylic acids is 3. The van der Waals surface area contributed by atoms with Gasteiger partial charge in [0.05, 0.1) is 19.0 Å². The summed E-state index contributed by atoms with van der Waals surface area (Å²) in [4.78, 5) is 44.2. The number of nitrogens with zero attached hydrogens (tertiary/aromatic N) is 3. The molecule has 1 N–H and O–H groups in total. The molecule has 2 aliphatic heterocycles. The third kappa shape index (κ3) is 6.03. The summed E-state index contributed by atoms with van der Waals surface area (Å²) in [6.07, 6.45) is 1.84. The summed E-state index contributed by atoms with van der Waals surface area (Å²) in [5, 5.41) is 2.96. The number of nitrogens with one attached hydrogen (secondary N) is 1. The van der Waals surface area contributed by atoms with Gasteiger partial charge in [-0.15, -0.1) is 0 Å². The Morgan fingerprint density at radius 2 is 1.68 bits per heavy atom. The fraction of sp³-hybridized carbons (Fsp3) is 0.444. The molecule has 0 aromatic heterocycles. The van der Waals surface area contributed by atoms with Crippen LogP contribution in [0.25, 0.3) is 0 Å². The fourth-order valence-corrected chi connectivity index (χ4v) is 4.97. The molecule has 1 fully saturated rings. The summed E-state index contributed by atoms with van der Waals surface area (Å²) in [5.41, 5.74) is 3.60. The normalized spacial score (nSPS) is 20.1. The van der Waals surface area contributed by atoms with Crippen molar-refractivity contribution in [2.75, 3.05) is 39.3 Å². The van der Waals surface area contributed by atoms with Crippen LogP contribution >= 0.6 is 0 Å². The molecule has 2 aromatic rings. The van der Waals surface area contributed by atoms with Gasteiger partial charge in [-0.05, 0) is 29.5 Å². The van der Waals surface area contributed by atoms with Crippen LogP contribution in [0.1, 0.15) is 42.5 Å².